The van der Waals surface area contributed by atoms with E-state index in [0.29, 0.717) is 24.5 Å². The number of benzene rings is 2. The highest BCUT2D eigenvalue weighted by Crippen LogP contribution is 2.30. The SMILES string of the molecule is CC(=O)c1cc(C(C)C)c(OCCCCOc2ccccc2C#N)cc1C. The molecule has 0 atom stereocenters. The third-order valence-electron chi connectivity index (χ3n) is 4.42. The van der Waals surface area contributed by atoms with Gasteiger partial charge in [-0.3, -0.25) is 4.79 Å². The Morgan fingerprint density at radius 3 is 2.30 bits per heavy atom. The summed E-state index contributed by atoms with van der Waals surface area (Å²) in [6.07, 6.45) is 1.68. The van der Waals surface area contributed by atoms with Gasteiger partial charge in [-0.1, -0.05) is 26.0 Å². The van der Waals surface area contributed by atoms with Crippen LogP contribution in [0.25, 0.3) is 0 Å². The number of aryl methyl sites for hydroxylation is 1. The van der Waals surface area contributed by atoms with Crippen LogP contribution in [-0.2, 0) is 0 Å². The average molecular weight is 365 g/mol. The van der Waals surface area contributed by atoms with Gasteiger partial charge in [-0.25, -0.2) is 0 Å². The number of unbranched alkanes of at least 4 members (excludes halogenated alkanes) is 1. The van der Waals surface area contributed by atoms with Crippen molar-refractivity contribution in [2.24, 2.45) is 0 Å². The van der Waals surface area contributed by atoms with Crippen molar-refractivity contribution in [3.63, 3.8) is 0 Å². The minimum absolute atomic E-state index is 0.0794. The minimum atomic E-state index is 0.0794. The maximum Gasteiger partial charge on any atom is 0.160 e. The predicted octanol–water partition coefficient (Wildman–Crippen LogP) is 5.43. The number of carbonyl (C=O) groups excluding carboxylic acids is 1. The van der Waals surface area contributed by atoms with Gasteiger partial charge in [0.2, 0.25) is 0 Å². The number of ether oxygens (including phenoxy) is 2. The lowest BCUT2D eigenvalue weighted by Gasteiger charge is -2.17. The van der Waals surface area contributed by atoms with Crippen molar-refractivity contribution in [3.8, 4) is 17.6 Å². The van der Waals surface area contributed by atoms with Crippen LogP contribution in [0.15, 0.2) is 36.4 Å². The molecule has 0 aliphatic heterocycles. The zero-order valence-corrected chi connectivity index (χ0v) is 16.5. The molecule has 0 saturated carbocycles. The summed E-state index contributed by atoms with van der Waals surface area (Å²) in [4.78, 5) is 11.8. The van der Waals surface area contributed by atoms with Crippen molar-refractivity contribution in [3.05, 3.63) is 58.7 Å². The molecule has 0 bridgehead atoms. The highest BCUT2D eigenvalue weighted by Gasteiger charge is 2.14. The second-order valence-electron chi connectivity index (χ2n) is 6.93. The number of Topliss-reactive ketones (excluding diaryl/α,β-unsaturated/α-hetero) is 1. The topological polar surface area (TPSA) is 59.3 Å². The first-order chi connectivity index (χ1) is 12.9. The van der Waals surface area contributed by atoms with E-state index in [9.17, 15) is 4.79 Å². The summed E-state index contributed by atoms with van der Waals surface area (Å²) in [5, 5.41) is 9.06. The molecule has 2 aromatic carbocycles. The van der Waals surface area contributed by atoms with Gasteiger partial charge in [-0.05, 0) is 68.0 Å². The van der Waals surface area contributed by atoms with Crippen molar-refractivity contribution >= 4 is 5.78 Å². The van der Waals surface area contributed by atoms with E-state index < -0.39 is 0 Å². The number of rotatable bonds is 9. The lowest BCUT2D eigenvalue weighted by atomic mass is 9.95. The van der Waals surface area contributed by atoms with Crippen LogP contribution in [0.2, 0.25) is 0 Å². The Morgan fingerprint density at radius 1 is 1.07 bits per heavy atom. The van der Waals surface area contributed by atoms with E-state index in [1.54, 1.807) is 13.0 Å². The molecule has 0 aliphatic carbocycles. The van der Waals surface area contributed by atoms with Crippen LogP contribution in [0, 0.1) is 18.3 Å². The summed E-state index contributed by atoms with van der Waals surface area (Å²) < 4.78 is 11.7. The standard InChI is InChI=1S/C23H27NO3/c1-16(2)20-14-21(18(4)25)17(3)13-23(20)27-12-8-7-11-26-22-10-6-5-9-19(22)15-24/h5-6,9-10,13-14,16H,7-8,11-12H2,1-4H3. The van der Waals surface area contributed by atoms with Crippen molar-refractivity contribution in [2.75, 3.05) is 13.2 Å². The number of ketones is 1. The Balaban J connectivity index is 1.87. The predicted molar refractivity (Wildman–Crippen MR) is 107 cm³/mol. The van der Waals surface area contributed by atoms with E-state index in [1.807, 2.05) is 37.3 Å². The van der Waals surface area contributed by atoms with Gasteiger partial charge >= 0.3 is 0 Å². The van der Waals surface area contributed by atoms with Crippen molar-refractivity contribution in [1.82, 2.24) is 0 Å². The van der Waals surface area contributed by atoms with Crippen LogP contribution < -0.4 is 9.47 Å². The molecule has 0 radical (unpaired) electrons. The van der Waals surface area contributed by atoms with Gasteiger partial charge in [-0.15, -0.1) is 0 Å². The lowest BCUT2D eigenvalue weighted by Crippen LogP contribution is -2.07. The normalized spacial score (nSPS) is 10.5. The Bertz CT molecular complexity index is 834. The summed E-state index contributed by atoms with van der Waals surface area (Å²) in [5.74, 6) is 1.84. The number of hydrogen-bond donors (Lipinski definition) is 0. The van der Waals surface area contributed by atoms with Gasteiger partial charge in [0.1, 0.15) is 17.6 Å². The molecule has 0 aliphatic rings. The van der Waals surface area contributed by atoms with Crippen LogP contribution >= 0.6 is 0 Å². The number of para-hydroxylation sites is 1. The first kappa shape index (κ1) is 20.5. The summed E-state index contributed by atoms with van der Waals surface area (Å²) in [6.45, 7) is 8.86. The molecular formula is C23H27NO3. The summed E-state index contributed by atoms with van der Waals surface area (Å²) >= 11 is 0. The van der Waals surface area contributed by atoms with Gasteiger partial charge < -0.3 is 9.47 Å². The molecule has 4 nitrogen and oxygen atoms in total. The Labute approximate surface area is 161 Å². The fourth-order valence-electron chi connectivity index (χ4n) is 2.91. The van der Waals surface area contributed by atoms with Crippen LogP contribution in [0.5, 0.6) is 11.5 Å². The molecule has 0 fully saturated rings. The first-order valence-electron chi connectivity index (χ1n) is 9.34. The second kappa shape index (κ2) is 9.78. The van der Waals surface area contributed by atoms with Gasteiger partial charge in [0, 0.05) is 5.56 Å². The summed E-state index contributed by atoms with van der Waals surface area (Å²) in [5.41, 5.74) is 3.32. The largest absolute Gasteiger partial charge is 0.493 e. The van der Waals surface area contributed by atoms with E-state index in [1.165, 1.54) is 0 Å². The van der Waals surface area contributed by atoms with E-state index in [4.69, 9.17) is 14.7 Å². The molecule has 4 heteroatoms. The van der Waals surface area contributed by atoms with Crippen molar-refractivity contribution in [1.29, 1.82) is 5.26 Å². The van der Waals surface area contributed by atoms with Gasteiger partial charge in [-0.2, -0.15) is 5.26 Å². The summed E-state index contributed by atoms with van der Waals surface area (Å²) in [7, 11) is 0. The lowest BCUT2D eigenvalue weighted by molar-refractivity contribution is 0.101. The molecular weight excluding hydrogens is 338 g/mol. The number of nitrogens with zero attached hydrogens (tertiary/aromatic N) is 1. The second-order valence-corrected chi connectivity index (χ2v) is 6.93. The van der Waals surface area contributed by atoms with Crippen LogP contribution in [0.3, 0.4) is 0 Å². The Morgan fingerprint density at radius 2 is 1.70 bits per heavy atom. The van der Waals surface area contributed by atoms with E-state index in [-0.39, 0.29) is 11.7 Å². The number of hydrogen-bond acceptors (Lipinski definition) is 4. The fraction of sp³-hybridized carbons (Fsp3) is 0.391. The zero-order chi connectivity index (χ0) is 19.8. The molecule has 27 heavy (non-hydrogen) atoms. The Kier molecular flexibility index (Phi) is 7.43. The molecule has 2 rings (SSSR count). The monoisotopic (exact) mass is 365 g/mol. The van der Waals surface area contributed by atoms with E-state index >= 15 is 0 Å². The fourth-order valence-corrected chi connectivity index (χ4v) is 2.91. The highest BCUT2D eigenvalue weighted by molar-refractivity contribution is 5.96. The molecule has 0 N–H and O–H groups in total. The molecule has 0 spiro atoms. The molecule has 2 aromatic rings. The van der Waals surface area contributed by atoms with Gasteiger partial charge in [0.15, 0.2) is 5.78 Å². The molecule has 0 saturated heterocycles. The molecule has 142 valence electrons. The first-order valence-corrected chi connectivity index (χ1v) is 9.34. The molecule has 0 amide bonds. The molecule has 0 aromatic heterocycles. The molecule has 0 heterocycles. The van der Waals surface area contributed by atoms with E-state index in [0.717, 1.165) is 35.3 Å². The van der Waals surface area contributed by atoms with Crippen LogP contribution in [-0.4, -0.2) is 19.0 Å². The smallest absolute Gasteiger partial charge is 0.160 e. The average Bonchev–Trinajstić information content (AvgIpc) is 2.64. The highest BCUT2D eigenvalue weighted by atomic mass is 16.5. The number of nitriles is 1. The Hall–Kier alpha value is -2.80. The van der Waals surface area contributed by atoms with Gasteiger partial charge in [0.05, 0.1) is 18.8 Å². The quantitative estimate of drug-likeness (QED) is 0.439. The number of carbonyl (C=O) groups is 1. The van der Waals surface area contributed by atoms with E-state index in [2.05, 4.69) is 19.9 Å². The third-order valence-corrected chi connectivity index (χ3v) is 4.42. The van der Waals surface area contributed by atoms with Crippen molar-refractivity contribution in [2.45, 2.75) is 46.5 Å². The van der Waals surface area contributed by atoms with Crippen LogP contribution in [0.4, 0.5) is 0 Å². The maximum atomic E-state index is 11.8. The molecule has 0 unspecified atom stereocenters. The van der Waals surface area contributed by atoms with Gasteiger partial charge in [0.25, 0.3) is 0 Å². The summed E-state index contributed by atoms with van der Waals surface area (Å²) in [6, 6.07) is 13.3. The zero-order valence-electron chi connectivity index (χ0n) is 16.5. The third kappa shape index (κ3) is 5.59. The van der Waals surface area contributed by atoms with Crippen molar-refractivity contribution < 1.29 is 14.3 Å². The maximum absolute atomic E-state index is 11.8. The minimum Gasteiger partial charge on any atom is -0.493 e. The van der Waals surface area contributed by atoms with Crippen LogP contribution in [0.1, 0.15) is 66.6 Å².